The lowest BCUT2D eigenvalue weighted by Gasteiger charge is -2.09. The molecule has 4 heteroatoms. The first-order valence-corrected chi connectivity index (χ1v) is 6.81. The zero-order valence-corrected chi connectivity index (χ0v) is 11.7. The third kappa shape index (κ3) is 4.53. The lowest BCUT2D eigenvalue weighted by Crippen LogP contribution is -2.15. The summed E-state index contributed by atoms with van der Waals surface area (Å²) in [7, 11) is 0. The largest absolute Gasteiger partial charge is 0.481 e. The second kappa shape index (κ2) is 6.59. The van der Waals surface area contributed by atoms with E-state index in [1.807, 2.05) is 12.1 Å². The Morgan fingerprint density at radius 3 is 2.17 bits per heavy atom. The molecule has 1 rings (SSSR count). The van der Waals surface area contributed by atoms with E-state index in [0.717, 1.165) is 4.90 Å². The van der Waals surface area contributed by atoms with Gasteiger partial charge in [-0.2, -0.15) is 0 Å². The molecule has 1 atom stereocenters. The Morgan fingerprint density at radius 2 is 1.72 bits per heavy atom. The van der Waals surface area contributed by atoms with Crippen LogP contribution < -0.4 is 0 Å². The standard InChI is InChI=1S/C14H18O3S/c1-9(2)18-12-6-4-11(5-7-12)14(17)10(3)8-13(15)16/h4-7,9-10H,8H2,1-3H3,(H,15,16). The second-order valence-corrected chi connectivity index (χ2v) is 6.20. The van der Waals surface area contributed by atoms with Crippen LogP contribution in [0.2, 0.25) is 0 Å². The summed E-state index contributed by atoms with van der Waals surface area (Å²) in [5.41, 5.74) is 0.580. The van der Waals surface area contributed by atoms with Crippen LogP contribution in [0.15, 0.2) is 29.2 Å². The summed E-state index contributed by atoms with van der Waals surface area (Å²) in [6.07, 6.45) is -0.124. The third-order valence-corrected chi connectivity index (χ3v) is 3.45. The highest BCUT2D eigenvalue weighted by molar-refractivity contribution is 7.99. The quantitative estimate of drug-likeness (QED) is 0.632. The molecule has 0 amide bonds. The molecular weight excluding hydrogens is 248 g/mol. The molecule has 0 aromatic heterocycles. The van der Waals surface area contributed by atoms with Gasteiger partial charge in [0.2, 0.25) is 0 Å². The number of rotatable bonds is 6. The Morgan fingerprint density at radius 1 is 1.17 bits per heavy atom. The molecule has 0 saturated heterocycles. The smallest absolute Gasteiger partial charge is 0.304 e. The fraction of sp³-hybridized carbons (Fsp3) is 0.429. The van der Waals surface area contributed by atoms with Gasteiger partial charge in [0.15, 0.2) is 5.78 Å². The molecule has 0 bridgehead atoms. The lowest BCUT2D eigenvalue weighted by atomic mass is 9.97. The maximum atomic E-state index is 11.9. The lowest BCUT2D eigenvalue weighted by molar-refractivity contribution is -0.137. The minimum atomic E-state index is -0.942. The predicted octanol–water partition coefficient (Wildman–Crippen LogP) is 3.48. The van der Waals surface area contributed by atoms with E-state index in [0.29, 0.717) is 10.8 Å². The average Bonchev–Trinajstić information content (AvgIpc) is 2.27. The van der Waals surface area contributed by atoms with Crippen molar-refractivity contribution in [3.8, 4) is 0 Å². The van der Waals surface area contributed by atoms with Crippen molar-refractivity contribution in [2.45, 2.75) is 37.3 Å². The number of carbonyl (C=O) groups excluding carboxylic acids is 1. The van der Waals surface area contributed by atoms with Crippen LogP contribution in [0.4, 0.5) is 0 Å². The Balaban J connectivity index is 2.72. The molecule has 3 nitrogen and oxygen atoms in total. The summed E-state index contributed by atoms with van der Waals surface area (Å²) >= 11 is 1.73. The van der Waals surface area contributed by atoms with E-state index in [1.54, 1.807) is 30.8 Å². The highest BCUT2D eigenvalue weighted by Gasteiger charge is 2.18. The molecule has 0 spiro atoms. The number of carboxylic acid groups (broad SMARTS) is 1. The van der Waals surface area contributed by atoms with Crippen molar-refractivity contribution in [1.29, 1.82) is 0 Å². The molecule has 0 aliphatic heterocycles. The number of hydrogen-bond donors (Lipinski definition) is 1. The average molecular weight is 266 g/mol. The van der Waals surface area contributed by atoms with Crippen LogP contribution in [-0.4, -0.2) is 22.1 Å². The van der Waals surface area contributed by atoms with Gasteiger partial charge in [-0.25, -0.2) is 0 Å². The maximum Gasteiger partial charge on any atom is 0.304 e. The fourth-order valence-electron chi connectivity index (χ4n) is 1.61. The normalized spacial score (nSPS) is 12.4. The van der Waals surface area contributed by atoms with Gasteiger partial charge in [-0.15, -0.1) is 11.8 Å². The Bertz CT molecular complexity index is 423. The van der Waals surface area contributed by atoms with Crippen LogP contribution in [-0.2, 0) is 4.79 Å². The topological polar surface area (TPSA) is 54.4 Å². The Hall–Kier alpha value is -1.29. The van der Waals surface area contributed by atoms with Crippen molar-refractivity contribution >= 4 is 23.5 Å². The van der Waals surface area contributed by atoms with Gasteiger partial charge < -0.3 is 5.11 Å². The minimum absolute atomic E-state index is 0.113. The SMILES string of the molecule is CC(C)Sc1ccc(C(=O)C(C)CC(=O)O)cc1. The molecule has 1 aromatic carbocycles. The molecule has 1 aromatic rings. The van der Waals surface area contributed by atoms with Crippen LogP contribution in [0, 0.1) is 5.92 Å². The Kier molecular flexibility index (Phi) is 5.41. The molecule has 0 heterocycles. The summed E-state index contributed by atoms with van der Waals surface area (Å²) in [4.78, 5) is 23.6. The van der Waals surface area contributed by atoms with Gasteiger partial charge in [-0.3, -0.25) is 9.59 Å². The zero-order chi connectivity index (χ0) is 13.7. The van der Waals surface area contributed by atoms with Crippen molar-refractivity contribution in [1.82, 2.24) is 0 Å². The second-order valence-electron chi connectivity index (χ2n) is 4.55. The predicted molar refractivity (Wildman–Crippen MR) is 73.2 cm³/mol. The maximum absolute atomic E-state index is 11.9. The summed E-state index contributed by atoms with van der Waals surface area (Å²) in [6.45, 7) is 5.87. The van der Waals surface area contributed by atoms with E-state index < -0.39 is 11.9 Å². The number of thioether (sulfide) groups is 1. The number of ketones is 1. The van der Waals surface area contributed by atoms with E-state index >= 15 is 0 Å². The summed E-state index contributed by atoms with van der Waals surface area (Å²) < 4.78 is 0. The molecule has 0 saturated carbocycles. The number of aliphatic carboxylic acids is 1. The zero-order valence-electron chi connectivity index (χ0n) is 10.8. The van der Waals surface area contributed by atoms with Gasteiger partial charge >= 0.3 is 5.97 Å². The number of carbonyl (C=O) groups is 2. The molecule has 0 radical (unpaired) electrons. The van der Waals surface area contributed by atoms with Crippen LogP contribution in [0.5, 0.6) is 0 Å². The van der Waals surface area contributed by atoms with Gasteiger partial charge in [0.1, 0.15) is 0 Å². The molecule has 0 fully saturated rings. The van der Waals surface area contributed by atoms with Crippen molar-refractivity contribution < 1.29 is 14.7 Å². The summed E-state index contributed by atoms with van der Waals surface area (Å²) in [5, 5.41) is 9.17. The first-order valence-electron chi connectivity index (χ1n) is 5.93. The van der Waals surface area contributed by atoms with Crippen LogP contribution >= 0.6 is 11.8 Å². The van der Waals surface area contributed by atoms with Gasteiger partial charge in [-0.05, 0) is 12.1 Å². The first kappa shape index (κ1) is 14.8. The third-order valence-electron chi connectivity index (χ3n) is 2.44. The molecule has 98 valence electrons. The van der Waals surface area contributed by atoms with E-state index in [-0.39, 0.29) is 12.2 Å². The minimum Gasteiger partial charge on any atom is -0.481 e. The highest BCUT2D eigenvalue weighted by Crippen LogP contribution is 2.23. The van der Waals surface area contributed by atoms with Gasteiger partial charge in [0.25, 0.3) is 0 Å². The van der Waals surface area contributed by atoms with E-state index in [2.05, 4.69) is 13.8 Å². The summed E-state index contributed by atoms with van der Waals surface area (Å²) in [5.74, 6) is -1.53. The van der Waals surface area contributed by atoms with Gasteiger partial charge in [0, 0.05) is 21.6 Å². The molecule has 0 aliphatic rings. The monoisotopic (exact) mass is 266 g/mol. The molecule has 0 aliphatic carbocycles. The van der Waals surface area contributed by atoms with E-state index in [1.165, 1.54) is 0 Å². The number of carboxylic acids is 1. The fourth-order valence-corrected chi connectivity index (χ4v) is 2.45. The molecule has 18 heavy (non-hydrogen) atoms. The van der Waals surface area contributed by atoms with E-state index in [4.69, 9.17) is 5.11 Å². The molecule has 1 unspecified atom stereocenters. The van der Waals surface area contributed by atoms with Crippen LogP contribution in [0.3, 0.4) is 0 Å². The highest BCUT2D eigenvalue weighted by atomic mass is 32.2. The van der Waals surface area contributed by atoms with Gasteiger partial charge in [0.05, 0.1) is 6.42 Å². The van der Waals surface area contributed by atoms with Crippen molar-refractivity contribution in [2.75, 3.05) is 0 Å². The number of benzene rings is 1. The van der Waals surface area contributed by atoms with Crippen LogP contribution in [0.1, 0.15) is 37.6 Å². The summed E-state index contributed by atoms with van der Waals surface area (Å²) in [6, 6.07) is 7.35. The molecule has 1 N–H and O–H groups in total. The van der Waals surface area contributed by atoms with Crippen molar-refractivity contribution in [2.24, 2.45) is 5.92 Å². The van der Waals surface area contributed by atoms with Crippen molar-refractivity contribution in [3.05, 3.63) is 29.8 Å². The van der Waals surface area contributed by atoms with E-state index in [9.17, 15) is 9.59 Å². The molecular formula is C14H18O3S. The number of hydrogen-bond acceptors (Lipinski definition) is 3. The van der Waals surface area contributed by atoms with Gasteiger partial charge in [-0.1, -0.05) is 32.9 Å². The Labute approximate surface area is 112 Å². The number of Topliss-reactive ketones (excluding diaryl/α,β-unsaturated/α-hetero) is 1. The first-order chi connectivity index (χ1) is 8.40. The van der Waals surface area contributed by atoms with Crippen molar-refractivity contribution in [3.63, 3.8) is 0 Å². The van der Waals surface area contributed by atoms with Crippen LogP contribution in [0.25, 0.3) is 0 Å².